The number of benzene rings is 3. The van der Waals surface area contributed by atoms with Crippen molar-refractivity contribution in [2.24, 2.45) is 0 Å². The fraction of sp³-hybridized carbons (Fsp3) is 0.214. The summed E-state index contributed by atoms with van der Waals surface area (Å²) in [6, 6.07) is 19.5. The Balaban J connectivity index is 1.76. The number of ether oxygens (including phenoxy) is 2. The average molecular weight is 474 g/mol. The van der Waals surface area contributed by atoms with Crippen molar-refractivity contribution in [2.45, 2.75) is 26.7 Å². The standard InChI is InChI=1S/C28H27NO4S/c1-5-33-23-15-14-19-8-6-7-9-21(19)24(23)26(30)29-27-25(28(31)32-4)22(16-34-27)20-12-10-18(11-13-20)17(2)3/h6-17H,5H2,1-4H3,(H,29,30). The number of carbonyl (C=O) groups is 2. The molecule has 0 fully saturated rings. The Morgan fingerprint density at radius 1 is 0.971 bits per heavy atom. The van der Waals surface area contributed by atoms with Crippen LogP contribution in [0.3, 0.4) is 0 Å². The van der Waals surface area contributed by atoms with Gasteiger partial charge >= 0.3 is 5.97 Å². The predicted octanol–water partition coefficient (Wildman–Crippen LogP) is 7.13. The van der Waals surface area contributed by atoms with Gasteiger partial charge in [0.15, 0.2) is 0 Å². The van der Waals surface area contributed by atoms with Gasteiger partial charge in [0.1, 0.15) is 16.3 Å². The molecule has 0 unspecified atom stereocenters. The average Bonchev–Trinajstić information content (AvgIpc) is 3.26. The molecule has 1 heterocycles. The summed E-state index contributed by atoms with van der Waals surface area (Å²) in [6.45, 7) is 6.58. The van der Waals surface area contributed by atoms with Crippen molar-refractivity contribution in [3.63, 3.8) is 0 Å². The molecule has 4 aromatic rings. The minimum atomic E-state index is -0.498. The molecule has 1 aromatic heterocycles. The van der Waals surface area contributed by atoms with Gasteiger partial charge in [-0.05, 0) is 40.8 Å². The van der Waals surface area contributed by atoms with Gasteiger partial charge in [0.2, 0.25) is 0 Å². The summed E-state index contributed by atoms with van der Waals surface area (Å²) >= 11 is 1.30. The molecular formula is C28H27NO4S. The van der Waals surface area contributed by atoms with Crippen molar-refractivity contribution in [3.05, 3.63) is 82.7 Å². The summed E-state index contributed by atoms with van der Waals surface area (Å²) in [7, 11) is 1.34. The normalized spacial score (nSPS) is 11.0. The number of anilines is 1. The van der Waals surface area contributed by atoms with Crippen LogP contribution in [0.15, 0.2) is 66.0 Å². The Kier molecular flexibility index (Phi) is 6.98. The number of esters is 1. The maximum Gasteiger partial charge on any atom is 0.341 e. The van der Waals surface area contributed by atoms with Gasteiger partial charge in [-0.25, -0.2) is 4.79 Å². The molecule has 0 atom stereocenters. The number of amides is 1. The molecule has 0 bridgehead atoms. The van der Waals surface area contributed by atoms with Crippen LogP contribution in [-0.2, 0) is 4.74 Å². The van der Waals surface area contributed by atoms with Crippen LogP contribution in [0, 0.1) is 0 Å². The van der Waals surface area contributed by atoms with Crippen LogP contribution in [-0.4, -0.2) is 25.6 Å². The summed E-state index contributed by atoms with van der Waals surface area (Å²) in [5, 5.41) is 6.98. The fourth-order valence-corrected chi connectivity index (χ4v) is 4.89. The summed E-state index contributed by atoms with van der Waals surface area (Å²) in [5.41, 5.74) is 3.61. The van der Waals surface area contributed by atoms with E-state index in [4.69, 9.17) is 9.47 Å². The number of rotatable bonds is 7. The van der Waals surface area contributed by atoms with Gasteiger partial charge in [0, 0.05) is 10.9 Å². The van der Waals surface area contributed by atoms with E-state index in [2.05, 4.69) is 31.3 Å². The number of hydrogen-bond donors (Lipinski definition) is 1. The predicted molar refractivity (Wildman–Crippen MR) is 138 cm³/mol. The topological polar surface area (TPSA) is 64.6 Å². The molecule has 0 aliphatic carbocycles. The molecule has 6 heteroatoms. The van der Waals surface area contributed by atoms with Crippen molar-refractivity contribution in [1.29, 1.82) is 0 Å². The van der Waals surface area contributed by atoms with Gasteiger partial charge in [0.25, 0.3) is 5.91 Å². The Hall–Kier alpha value is -3.64. The second-order valence-electron chi connectivity index (χ2n) is 8.17. The first-order valence-corrected chi connectivity index (χ1v) is 12.1. The molecular weight excluding hydrogens is 446 g/mol. The van der Waals surface area contributed by atoms with Gasteiger partial charge in [-0.1, -0.05) is 68.4 Å². The van der Waals surface area contributed by atoms with E-state index in [1.54, 1.807) is 6.07 Å². The van der Waals surface area contributed by atoms with Crippen LogP contribution in [0.1, 0.15) is 53.0 Å². The number of hydrogen-bond acceptors (Lipinski definition) is 5. The first-order valence-electron chi connectivity index (χ1n) is 11.2. The lowest BCUT2D eigenvalue weighted by molar-refractivity contribution is 0.0603. The smallest absolute Gasteiger partial charge is 0.341 e. The Labute approximate surface area is 203 Å². The quantitative estimate of drug-likeness (QED) is 0.290. The minimum Gasteiger partial charge on any atom is -0.493 e. The van der Waals surface area contributed by atoms with Crippen molar-refractivity contribution < 1.29 is 19.1 Å². The molecule has 174 valence electrons. The van der Waals surface area contributed by atoms with Crippen molar-refractivity contribution in [2.75, 3.05) is 19.0 Å². The Bertz CT molecular complexity index is 1340. The lowest BCUT2D eigenvalue weighted by Gasteiger charge is -2.14. The highest BCUT2D eigenvalue weighted by Crippen LogP contribution is 2.38. The molecule has 0 aliphatic heterocycles. The number of fused-ring (bicyclic) bond motifs is 1. The largest absolute Gasteiger partial charge is 0.493 e. The molecule has 5 nitrogen and oxygen atoms in total. The Morgan fingerprint density at radius 3 is 2.38 bits per heavy atom. The third-order valence-corrected chi connectivity index (χ3v) is 6.61. The highest BCUT2D eigenvalue weighted by Gasteiger charge is 2.24. The first kappa shape index (κ1) is 23.5. The maximum absolute atomic E-state index is 13.5. The summed E-state index contributed by atoms with van der Waals surface area (Å²) in [4.78, 5) is 26.3. The summed E-state index contributed by atoms with van der Waals surface area (Å²) in [6.07, 6.45) is 0. The van der Waals surface area contributed by atoms with Crippen LogP contribution in [0.2, 0.25) is 0 Å². The van der Waals surface area contributed by atoms with E-state index >= 15 is 0 Å². The van der Waals surface area contributed by atoms with E-state index in [9.17, 15) is 9.59 Å². The highest BCUT2D eigenvalue weighted by atomic mass is 32.1. The summed E-state index contributed by atoms with van der Waals surface area (Å²) in [5.74, 6) is 0.0717. The number of nitrogens with one attached hydrogen (secondary N) is 1. The second kappa shape index (κ2) is 10.1. The zero-order chi connectivity index (χ0) is 24.2. The Morgan fingerprint density at radius 2 is 1.71 bits per heavy atom. The molecule has 1 N–H and O–H groups in total. The molecule has 0 radical (unpaired) electrons. The molecule has 0 aliphatic rings. The molecule has 3 aromatic carbocycles. The molecule has 4 rings (SSSR count). The van der Waals surface area contributed by atoms with E-state index in [1.165, 1.54) is 24.0 Å². The maximum atomic E-state index is 13.5. The molecule has 0 spiro atoms. The van der Waals surface area contributed by atoms with Gasteiger partial charge in [0.05, 0.1) is 19.3 Å². The monoisotopic (exact) mass is 473 g/mol. The number of methoxy groups -OCH3 is 1. The lowest BCUT2D eigenvalue weighted by Crippen LogP contribution is -2.16. The molecule has 34 heavy (non-hydrogen) atoms. The highest BCUT2D eigenvalue weighted by molar-refractivity contribution is 7.15. The van der Waals surface area contributed by atoms with E-state index in [-0.39, 0.29) is 5.91 Å². The molecule has 1 amide bonds. The third-order valence-electron chi connectivity index (χ3n) is 5.71. The van der Waals surface area contributed by atoms with E-state index in [0.717, 1.165) is 21.9 Å². The summed E-state index contributed by atoms with van der Waals surface area (Å²) < 4.78 is 10.8. The minimum absolute atomic E-state index is 0.339. The van der Waals surface area contributed by atoms with Crippen LogP contribution in [0.5, 0.6) is 5.75 Å². The second-order valence-corrected chi connectivity index (χ2v) is 9.05. The first-order chi connectivity index (χ1) is 16.4. The van der Waals surface area contributed by atoms with Gasteiger partial charge in [-0.15, -0.1) is 11.3 Å². The number of thiophene rings is 1. The van der Waals surface area contributed by atoms with Crippen molar-refractivity contribution >= 4 is 39.0 Å². The zero-order valence-corrected chi connectivity index (χ0v) is 20.5. The fourth-order valence-electron chi connectivity index (χ4n) is 3.94. The SMILES string of the molecule is CCOc1ccc2ccccc2c1C(=O)Nc1scc(-c2ccc(C(C)C)cc2)c1C(=O)OC. The number of carbonyl (C=O) groups excluding carboxylic acids is 2. The van der Waals surface area contributed by atoms with Crippen LogP contribution in [0.25, 0.3) is 21.9 Å². The van der Waals surface area contributed by atoms with Gasteiger partial charge in [-0.2, -0.15) is 0 Å². The van der Waals surface area contributed by atoms with Crippen molar-refractivity contribution in [3.8, 4) is 16.9 Å². The van der Waals surface area contributed by atoms with Crippen LogP contribution < -0.4 is 10.1 Å². The van der Waals surface area contributed by atoms with E-state index in [0.29, 0.717) is 34.4 Å². The zero-order valence-electron chi connectivity index (χ0n) is 19.7. The van der Waals surface area contributed by atoms with E-state index in [1.807, 2.05) is 54.8 Å². The van der Waals surface area contributed by atoms with Gasteiger partial charge < -0.3 is 14.8 Å². The van der Waals surface area contributed by atoms with Crippen LogP contribution in [0.4, 0.5) is 5.00 Å². The molecule has 0 saturated carbocycles. The van der Waals surface area contributed by atoms with E-state index < -0.39 is 5.97 Å². The van der Waals surface area contributed by atoms with Crippen molar-refractivity contribution in [1.82, 2.24) is 0 Å². The third kappa shape index (κ3) is 4.54. The lowest BCUT2D eigenvalue weighted by atomic mass is 9.98. The molecule has 0 saturated heterocycles. The van der Waals surface area contributed by atoms with Crippen LogP contribution >= 0.6 is 11.3 Å². The van der Waals surface area contributed by atoms with Gasteiger partial charge in [-0.3, -0.25) is 4.79 Å².